The van der Waals surface area contributed by atoms with Gasteiger partial charge in [-0.05, 0) is 58.6 Å². The van der Waals surface area contributed by atoms with Crippen LogP contribution in [0, 0.1) is 0 Å². The Morgan fingerprint density at radius 2 is 1.84 bits per heavy atom. The van der Waals surface area contributed by atoms with Gasteiger partial charge in [-0.25, -0.2) is 17.4 Å². The maximum Gasteiger partial charge on any atom is 0.269 e. The Labute approximate surface area is 201 Å². The fraction of sp³-hybridized carbons (Fsp3) is 0.292. The monoisotopic (exact) mass is 531 g/mol. The molecule has 0 atom stereocenters. The van der Waals surface area contributed by atoms with Gasteiger partial charge in [-0.2, -0.15) is 0 Å². The average molecular weight is 533 g/mol. The van der Waals surface area contributed by atoms with E-state index in [1.54, 1.807) is 42.7 Å². The Morgan fingerprint density at radius 3 is 2.56 bits per heavy atom. The zero-order chi connectivity index (χ0) is 22.3. The van der Waals surface area contributed by atoms with Crippen LogP contribution in [0.2, 0.25) is 0 Å². The lowest BCUT2D eigenvalue weighted by molar-refractivity contribution is 0.227. The summed E-state index contributed by atoms with van der Waals surface area (Å²) in [6.45, 7) is 0.717. The highest BCUT2D eigenvalue weighted by Crippen LogP contribution is 2.36. The lowest BCUT2D eigenvalue weighted by Gasteiger charge is -2.36. The van der Waals surface area contributed by atoms with Gasteiger partial charge in [-0.1, -0.05) is 55.1 Å². The summed E-state index contributed by atoms with van der Waals surface area (Å²) in [5.74, 6) is 0. The molecule has 2 aromatic heterocycles. The van der Waals surface area contributed by atoms with Crippen LogP contribution in [-0.2, 0) is 10.0 Å². The number of allylic oxidation sites excluding steroid dienone is 2. The van der Waals surface area contributed by atoms with Gasteiger partial charge in [0.2, 0.25) is 0 Å². The smallest absolute Gasteiger partial charge is 0.269 e. The van der Waals surface area contributed by atoms with Crippen molar-refractivity contribution in [3.05, 3.63) is 76.1 Å². The van der Waals surface area contributed by atoms with Crippen molar-refractivity contribution in [2.45, 2.75) is 43.0 Å². The van der Waals surface area contributed by atoms with Crippen molar-refractivity contribution in [2.75, 3.05) is 6.54 Å². The number of rotatable bonds is 4. The fourth-order valence-corrected chi connectivity index (χ4v) is 6.63. The highest BCUT2D eigenvalue weighted by molar-refractivity contribution is 9.10. The number of benzene rings is 1. The number of hydrogen-bond donors (Lipinski definition) is 0. The standard InChI is InChI=1S/C24H23BrClN3O2S/c25-18-14-21-22(17-11-12-28(23(26)13-17)19-7-3-1-4-8-19)16-29(24(21)27-15-18)32(30,31)20-9-5-2-6-10-20/h2,5-6,9-11,13-16,19H,1,3-4,7-8,12H2. The van der Waals surface area contributed by atoms with E-state index >= 15 is 0 Å². The molecule has 5 nitrogen and oxygen atoms in total. The molecular formula is C24H23BrClN3O2S. The molecule has 3 aromatic rings. The van der Waals surface area contributed by atoms with Crippen molar-refractivity contribution in [3.63, 3.8) is 0 Å². The quantitative estimate of drug-likeness (QED) is 0.378. The first-order valence-electron chi connectivity index (χ1n) is 10.8. The van der Waals surface area contributed by atoms with Crippen molar-refractivity contribution in [2.24, 2.45) is 0 Å². The molecule has 1 saturated carbocycles. The number of pyridine rings is 1. The molecule has 0 N–H and O–H groups in total. The lowest BCUT2D eigenvalue weighted by Crippen LogP contribution is -2.36. The van der Waals surface area contributed by atoms with Crippen LogP contribution in [0.1, 0.15) is 37.7 Å². The summed E-state index contributed by atoms with van der Waals surface area (Å²) in [4.78, 5) is 6.93. The van der Waals surface area contributed by atoms with E-state index in [1.807, 2.05) is 12.1 Å². The summed E-state index contributed by atoms with van der Waals surface area (Å²) < 4.78 is 28.8. The van der Waals surface area contributed by atoms with Crippen LogP contribution in [0.15, 0.2) is 75.5 Å². The van der Waals surface area contributed by atoms with Crippen LogP contribution in [0.3, 0.4) is 0 Å². The number of halogens is 2. The van der Waals surface area contributed by atoms with Gasteiger partial charge in [0.1, 0.15) is 5.16 Å². The van der Waals surface area contributed by atoms with Crippen molar-refractivity contribution < 1.29 is 8.42 Å². The number of hydrogen-bond acceptors (Lipinski definition) is 4. The first-order valence-corrected chi connectivity index (χ1v) is 13.4. The molecule has 0 unspecified atom stereocenters. The Hall–Kier alpha value is -2.09. The molecule has 0 amide bonds. The van der Waals surface area contributed by atoms with Crippen molar-refractivity contribution in [3.8, 4) is 0 Å². The minimum Gasteiger partial charge on any atom is -0.356 e. The zero-order valence-electron chi connectivity index (χ0n) is 17.4. The first-order chi connectivity index (χ1) is 15.4. The Balaban J connectivity index is 1.58. The predicted molar refractivity (Wildman–Crippen MR) is 132 cm³/mol. The summed E-state index contributed by atoms with van der Waals surface area (Å²) >= 11 is 10.2. The maximum atomic E-state index is 13.4. The molecule has 0 radical (unpaired) electrons. The molecule has 8 heteroatoms. The largest absolute Gasteiger partial charge is 0.356 e. The van der Waals surface area contributed by atoms with Gasteiger partial charge in [0.05, 0.1) is 4.90 Å². The molecule has 5 rings (SSSR count). The third-order valence-electron chi connectivity index (χ3n) is 6.26. The summed E-state index contributed by atoms with van der Waals surface area (Å²) in [6, 6.07) is 10.8. The second-order valence-corrected chi connectivity index (χ2v) is 11.4. The molecule has 0 bridgehead atoms. The van der Waals surface area contributed by atoms with E-state index in [0.29, 0.717) is 16.8 Å². The summed E-state index contributed by atoms with van der Waals surface area (Å²) in [7, 11) is -3.79. The molecule has 166 valence electrons. The van der Waals surface area contributed by atoms with Crippen molar-refractivity contribution in [1.82, 2.24) is 13.9 Å². The fourth-order valence-electron chi connectivity index (χ4n) is 4.63. The van der Waals surface area contributed by atoms with E-state index in [2.05, 4.69) is 31.9 Å². The number of fused-ring (bicyclic) bond motifs is 1. The SMILES string of the molecule is O=S(=O)(c1ccccc1)n1cc(C2=CCN(C3CCCCC3)C(Cl)=C2)c2cc(Br)cnc21. The van der Waals surface area contributed by atoms with E-state index in [-0.39, 0.29) is 4.90 Å². The number of aromatic nitrogens is 2. The molecule has 1 aliphatic carbocycles. The van der Waals surface area contributed by atoms with Gasteiger partial charge in [-0.3, -0.25) is 0 Å². The maximum absolute atomic E-state index is 13.4. The molecule has 1 fully saturated rings. The van der Waals surface area contributed by atoms with Crippen LogP contribution in [0.25, 0.3) is 16.6 Å². The van der Waals surface area contributed by atoms with Crippen LogP contribution in [0.5, 0.6) is 0 Å². The average Bonchev–Trinajstić information content (AvgIpc) is 3.19. The van der Waals surface area contributed by atoms with Crippen LogP contribution in [0.4, 0.5) is 0 Å². The normalized spacial score (nSPS) is 18.0. The minimum atomic E-state index is -3.79. The second kappa shape index (κ2) is 8.69. The molecule has 2 aliphatic rings. The molecular weight excluding hydrogens is 510 g/mol. The molecule has 1 aliphatic heterocycles. The van der Waals surface area contributed by atoms with Crippen LogP contribution < -0.4 is 0 Å². The Kier molecular flexibility index (Phi) is 5.90. The Morgan fingerprint density at radius 1 is 1.09 bits per heavy atom. The van der Waals surface area contributed by atoms with E-state index in [1.165, 1.54) is 36.1 Å². The van der Waals surface area contributed by atoms with Gasteiger partial charge in [0, 0.05) is 40.4 Å². The topological polar surface area (TPSA) is 55.2 Å². The first kappa shape index (κ1) is 21.7. The summed E-state index contributed by atoms with van der Waals surface area (Å²) in [5, 5.41) is 1.47. The Bertz CT molecular complexity index is 1330. The van der Waals surface area contributed by atoms with Crippen molar-refractivity contribution in [1.29, 1.82) is 0 Å². The summed E-state index contributed by atoms with van der Waals surface area (Å²) in [6.07, 6.45) is 13.5. The van der Waals surface area contributed by atoms with E-state index in [9.17, 15) is 8.42 Å². The van der Waals surface area contributed by atoms with Crippen molar-refractivity contribution >= 4 is 54.2 Å². The molecule has 3 heterocycles. The predicted octanol–water partition coefficient (Wildman–Crippen LogP) is 6.15. The third kappa shape index (κ3) is 3.91. The molecule has 0 spiro atoms. The number of nitrogens with zero attached hydrogens (tertiary/aromatic N) is 3. The van der Waals surface area contributed by atoms with Gasteiger partial charge < -0.3 is 4.90 Å². The van der Waals surface area contributed by atoms with E-state index < -0.39 is 10.0 Å². The minimum absolute atomic E-state index is 0.225. The molecule has 32 heavy (non-hydrogen) atoms. The highest BCUT2D eigenvalue weighted by Gasteiger charge is 2.27. The highest BCUT2D eigenvalue weighted by atomic mass is 79.9. The van der Waals surface area contributed by atoms with Gasteiger partial charge in [-0.15, -0.1) is 0 Å². The zero-order valence-corrected chi connectivity index (χ0v) is 20.6. The van der Waals surface area contributed by atoms with Gasteiger partial charge in [0.15, 0.2) is 5.65 Å². The van der Waals surface area contributed by atoms with E-state index in [0.717, 1.165) is 27.5 Å². The summed E-state index contributed by atoms with van der Waals surface area (Å²) in [5.41, 5.74) is 2.11. The second-order valence-electron chi connectivity index (χ2n) is 8.25. The molecule has 0 saturated heterocycles. The van der Waals surface area contributed by atoms with Crippen LogP contribution >= 0.6 is 27.5 Å². The van der Waals surface area contributed by atoms with Gasteiger partial charge in [0.25, 0.3) is 10.0 Å². The van der Waals surface area contributed by atoms with E-state index in [4.69, 9.17) is 11.6 Å². The lowest BCUT2D eigenvalue weighted by atomic mass is 9.93. The van der Waals surface area contributed by atoms with Crippen LogP contribution in [-0.4, -0.2) is 34.9 Å². The third-order valence-corrected chi connectivity index (χ3v) is 8.69. The molecule has 1 aromatic carbocycles. The van der Waals surface area contributed by atoms with Gasteiger partial charge >= 0.3 is 0 Å².